The summed E-state index contributed by atoms with van der Waals surface area (Å²) in [6.07, 6.45) is 0.357. The molecule has 2 aromatic carbocycles. The summed E-state index contributed by atoms with van der Waals surface area (Å²) >= 11 is 6.20. The zero-order valence-corrected chi connectivity index (χ0v) is 14.2. The molecule has 1 aliphatic rings. The summed E-state index contributed by atoms with van der Waals surface area (Å²) in [6.45, 7) is 0.0379. The summed E-state index contributed by atoms with van der Waals surface area (Å²) < 4.78 is 5.25. The SMILES string of the molecule is O=C(CCN1C(=O)CCC1=O)Oc1ccc(-c2ccccc2)cc1Cl. The fourth-order valence-electron chi connectivity index (χ4n) is 2.64. The first kappa shape index (κ1) is 17.2. The number of hydrogen-bond acceptors (Lipinski definition) is 4. The van der Waals surface area contributed by atoms with Gasteiger partial charge in [0.15, 0.2) is 0 Å². The van der Waals surface area contributed by atoms with Crippen LogP contribution in [0.2, 0.25) is 5.02 Å². The van der Waals surface area contributed by atoms with E-state index >= 15 is 0 Å². The van der Waals surface area contributed by atoms with Crippen LogP contribution in [0.5, 0.6) is 5.75 Å². The Morgan fingerprint density at radius 1 is 1.00 bits per heavy atom. The molecule has 1 saturated heterocycles. The number of carbonyl (C=O) groups is 3. The number of nitrogens with zero attached hydrogens (tertiary/aromatic N) is 1. The molecule has 0 unspecified atom stereocenters. The number of amides is 2. The summed E-state index contributed by atoms with van der Waals surface area (Å²) in [5.41, 5.74) is 1.92. The first-order valence-corrected chi connectivity index (χ1v) is 8.31. The smallest absolute Gasteiger partial charge is 0.313 e. The van der Waals surface area contributed by atoms with Crippen LogP contribution in [0.15, 0.2) is 48.5 Å². The second-order valence-corrected chi connectivity index (χ2v) is 6.08. The van der Waals surface area contributed by atoms with Crippen LogP contribution in [0.3, 0.4) is 0 Å². The number of likely N-dealkylation sites (tertiary alicyclic amines) is 1. The second-order valence-electron chi connectivity index (χ2n) is 5.67. The van der Waals surface area contributed by atoms with Crippen LogP contribution in [0.1, 0.15) is 19.3 Å². The van der Waals surface area contributed by atoms with E-state index in [1.807, 2.05) is 36.4 Å². The van der Waals surface area contributed by atoms with E-state index in [9.17, 15) is 14.4 Å². The van der Waals surface area contributed by atoms with Crippen molar-refractivity contribution in [2.24, 2.45) is 0 Å². The Labute approximate surface area is 150 Å². The van der Waals surface area contributed by atoms with Crippen molar-refractivity contribution in [3.05, 3.63) is 53.6 Å². The standard InChI is InChI=1S/C19H16ClNO4/c20-15-12-14(13-4-2-1-3-5-13)6-7-16(15)25-19(24)10-11-21-17(22)8-9-18(21)23/h1-7,12H,8-11H2. The lowest BCUT2D eigenvalue weighted by Gasteiger charge is -2.13. The molecule has 128 valence electrons. The van der Waals surface area contributed by atoms with Crippen molar-refractivity contribution in [1.29, 1.82) is 0 Å². The third-order valence-electron chi connectivity index (χ3n) is 3.96. The number of benzene rings is 2. The van der Waals surface area contributed by atoms with Crippen molar-refractivity contribution in [2.75, 3.05) is 6.54 Å². The minimum atomic E-state index is -0.540. The number of esters is 1. The van der Waals surface area contributed by atoms with E-state index in [0.717, 1.165) is 16.0 Å². The van der Waals surface area contributed by atoms with E-state index in [-0.39, 0.29) is 43.4 Å². The Morgan fingerprint density at radius 3 is 2.32 bits per heavy atom. The van der Waals surface area contributed by atoms with Crippen LogP contribution in [0, 0.1) is 0 Å². The molecule has 0 N–H and O–H groups in total. The third kappa shape index (κ3) is 4.06. The van der Waals surface area contributed by atoms with Crippen molar-refractivity contribution in [3.8, 4) is 16.9 Å². The monoisotopic (exact) mass is 357 g/mol. The average Bonchev–Trinajstić information content (AvgIpc) is 2.94. The summed E-state index contributed by atoms with van der Waals surface area (Å²) in [5, 5.41) is 0.322. The van der Waals surface area contributed by atoms with Crippen LogP contribution in [0.25, 0.3) is 11.1 Å². The highest BCUT2D eigenvalue weighted by atomic mass is 35.5. The first-order chi connectivity index (χ1) is 12.0. The van der Waals surface area contributed by atoms with Gasteiger partial charge in [0, 0.05) is 19.4 Å². The van der Waals surface area contributed by atoms with Crippen molar-refractivity contribution >= 4 is 29.4 Å². The molecule has 0 aliphatic carbocycles. The first-order valence-electron chi connectivity index (χ1n) is 7.93. The molecule has 1 fully saturated rings. The van der Waals surface area contributed by atoms with Crippen LogP contribution in [-0.2, 0) is 14.4 Å². The lowest BCUT2D eigenvalue weighted by Crippen LogP contribution is -2.31. The molecule has 1 aliphatic heterocycles. The molecule has 0 saturated carbocycles. The van der Waals surface area contributed by atoms with Gasteiger partial charge in [-0.1, -0.05) is 48.0 Å². The highest BCUT2D eigenvalue weighted by molar-refractivity contribution is 6.32. The molecule has 2 aromatic rings. The van der Waals surface area contributed by atoms with Gasteiger partial charge in [-0.2, -0.15) is 0 Å². The van der Waals surface area contributed by atoms with E-state index in [0.29, 0.717) is 5.02 Å². The maximum absolute atomic E-state index is 12.0. The molecular formula is C19H16ClNO4. The highest BCUT2D eigenvalue weighted by Crippen LogP contribution is 2.30. The van der Waals surface area contributed by atoms with Gasteiger partial charge < -0.3 is 4.74 Å². The summed E-state index contributed by atoms with van der Waals surface area (Å²) in [4.78, 5) is 36.1. The molecule has 2 amide bonds. The number of halogens is 1. The van der Waals surface area contributed by atoms with Crippen LogP contribution >= 0.6 is 11.6 Å². The maximum atomic E-state index is 12.0. The van der Waals surface area contributed by atoms with E-state index in [1.54, 1.807) is 12.1 Å². The lowest BCUT2D eigenvalue weighted by atomic mass is 10.1. The van der Waals surface area contributed by atoms with E-state index < -0.39 is 5.97 Å². The summed E-state index contributed by atoms with van der Waals surface area (Å²) in [6, 6.07) is 14.9. The van der Waals surface area contributed by atoms with Crippen molar-refractivity contribution in [2.45, 2.75) is 19.3 Å². The quantitative estimate of drug-likeness (QED) is 0.467. The molecular weight excluding hydrogens is 342 g/mol. The predicted molar refractivity (Wildman–Crippen MR) is 93.1 cm³/mol. The molecule has 0 atom stereocenters. The Hall–Kier alpha value is -2.66. The van der Waals surface area contributed by atoms with E-state index in [1.165, 1.54) is 0 Å². The van der Waals surface area contributed by atoms with Gasteiger partial charge in [-0.3, -0.25) is 19.3 Å². The Kier molecular flexibility index (Phi) is 5.14. The predicted octanol–water partition coefficient (Wildman–Crippen LogP) is 3.45. The number of hydrogen-bond donors (Lipinski definition) is 0. The van der Waals surface area contributed by atoms with Gasteiger partial charge in [0.1, 0.15) is 5.75 Å². The second kappa shape index (κ2) is 7.49. The average molecular weight is 358 g/mol. The van der Waals surface area contributed by atoms with E-state index in [2.05, 4.69) is 0 Å². The Balaban J connectivity index is 1.62. The molecule has 25 heavy (non-hydrogen) atoms. The summed E-state index contributed by atoms with van der Waals surface area (Å²) in [7, 11) is 0. The topological polar surface area (TPSA) is 63.7 Å². The van der Waals surface area contributed by atoms with Gasteiger partial charge in [0.05, 0.1) is 11.4 Å². The molecule has 3 rings (SSSR count). The Bertz CT molecular complexity index is 803. The van der Waals surface area contributed by atoms with E-state index in [4.69, 9.17) is 16.3 Å². The minimum Gasteiger partial charge on any atom is -0.425 e. The van der Waals surface area contributed by atoms with Gasteiger partial charge in [-0.05, 0) is 23.3 Å². The molecule has 0 radical (unpaired) electrons. The van der Waals surface area contributed by atoms with Gasteiger partial charge in [0.2, 0.25) is 11.8 Å². The van der Waals surface area contributed by atoms with Gasteiger partial charge in [-0.15, -0.1) is 0 Å². The molecule has 0 aromatic heterocycles. The molecule has 1 heterocycles. The molecule has 5 nitrogen and oxygen atoms in total. The maximum Gasteiger partial charge on any atom is 0.313 e. The lowest BCUT2D eigenvalue weighted by molar-refractivity contribution is -0.140. The zero-order valence-electron chi connectivity index (χ0n) is 13.4. The van der Waals surface area contributed by atoms with Gasteiger partial charge in [-0.25, -0.2) is 0 Å². The van der Waals surface area contributed by atoms with Crippen LogP contribution in [0.4, 0.5) is 0 Å². The fourth-order valence-corrected chi connectivity index (χ4v) is 2.86. The van der Waals surface area contributed by atoms with Crippen molar-refractivity contribution in [3.63, 3.8) is 0 Å². The third-order valence-corrected chi connectivity index (χ3v) is 4.25. The summed E-state index contributed by atoms with van der Waals surface area (Å²) in [5.74, 6) is -0.779. The fraction of sp³-hybridized carbons (Fsp3) is 0.211. The molecule has 0 spiro atoms. The molecule has 6 heteroatoms. The normalized spacial score (nSPS) is 14.0. The minimum absolute atomic E-state index is 0.0379. The highest BCUT2D eigenvalue weighted by Gasteiger charge is 2.29. The molecule has 0 bridgehead atoms. The van der Waals surface area contributed by atoms with Crippen LogP contribution in [-0.4, -0.2) is 29.2 Å². The van der Waals surface area contributed by atoms with Crippen LogP contribution < -0.4 is 4.74 Å². The van der Waals surface area contributed by atoms with Crippen molar-refractivity contribution < 1.29 is 19.1 Å². The largest absolute Gasteiger partial charge is 0.425 e. The Morgan fingerprint density at radius 2 is 1.68 bits per heavy atom. The van der Waals surface area contributed by atoms with Crippen molar-refractivity contribution in [1.82, 2.24) is 4.90 Å². The van der Waals surface area contributed by atoms with Gasteiger partial charge in [0.25, 0.3) is 0 Å². The number of rotatable bonds is 5. The number of imide groups is 1. The van der Waals surface area contributed by atoms with Gasteiger partial charge >= 0.3 is 5.97 Å². The number of carbonyl (C=O) groups excluding carboxylic acids is 3. The zero-order chi connectivity index (χ0) is 17.8. The number of ether oxygens (including phenoxy) is 1.